The van der Waals surface area contributed by atoms with Crippen LogP contribution in [0.25, 0.3) is 11.3 Å². The Morgan fingerprint density at radius 1 is 1.50 bits per heavy atom. The highest BCUT2D eigenvalue weighted by Gasteiger charge is 2.17. The zero-order chi connectivity index (χ0) is 14.9. The highest BCUT2D eigenvalue weighted by molar-refractivity contribution is 9.10. The van der Waals surface area contributed by atoms with E-state index in [-0.39, 0.29) is 6.42 Å². The summed E-state index contributed by atoms with van der Waals surface area (Å²) in [5, 5.41) is 13.2. The fraction of sp³-hybridized carbons (Fsp3) is 0.286. The molecule has 106 valence electrons. The summed E-state index contributed by atoms with van der Waals surface area (Å²) in [7, 11) is 3.42. The molecule has 0 atom stereocenters. The van der Waals surface area contributed by atoms with Gasteiger partial charge in [0.1, 0.15) is 5.75 Å². The molecule has 0 aliphatic rings. The van der Waals surface area contributed by atoms with Crippen molar-refractivity contribution < 1.29 is 14.6 Å². The normalized spacial score (nSPS) is 10.6. The number of benzene rings is 1. The summed E-state index contributed by atoms with van der Waals surface area (Å²) in [6.45, 7) is 1.89. The first kappa shape index (κ1) is 14.6. The number of nitrogens with zero attached hydrogens (tertiary/aromatic N) is 2. The van der Waals surface area contributed by atoms with E-state index in [1.807, 2.05) is 32.2 Å². The Morgan fingerprint density at radius 3 is 2.75 bits per heavy atom. The van der Waals surface area contributed by atoms with Gasteiger partial charge in [-0.1, -0.05) is 0 Å². The van der Waals surface area contributed by atoms with Gasteiger partial charge in [-0.2, -0.15) is 5.10 Å². The van der Waals surface area contributed by atoms with Gasteiger partial charge in [0.15, 0.2) is 0 Å². The third-order valence-electron chi connectivity index (χ3n) is 3.13. The maximum absolute atomic E-state index is 10.8. The number of carboxylic acid groups (broad SMARTS) is 1. The van der Waals surface area contributed by atoms with Crippen LogP contribution >= 0.6 is 15.9 Å². The Labute approximate surface area is 125 Å². The molecule has 1 aromatic carbocycles. The molecule has 0 saturated heterocycles. The van der Waals surface area contributed by atoms with Crippen molar-refractivity contribution in [3.8, 4) is 17.0 Å². The molecule has 0 amide bonds. The van der Waals surface area contributed by atoms with Gasteiger partial charge in [-0.3, -0.25) is 9.48 Å². The number of hydrogen-bond donors (Lipinski definition) is 1. The molecule has 0 spiro atoms. The number of methoxy groups -OCH3 is 1. The first-order valence-corrected chi connectivity index (χ1v) is 6.81. The molecular formula is C14H15BrN2O3. The molecule has 1 N–H and O–H groups in total. The van der Waals surface area contributed by atoms with Crippen molar-refractivity contribution in [3.05, 3.63) is 33.9 Å². The summed E-state index contributed by atoms with van der Waals surface area (Å²) in [6, 6.07) is 5.73. The Morgan fingerprint density at radius 2 is 2.20 bits per heavy atom. The van der Waals surface area contributed by atoms with Gasteiger partial charge in [0.05, 0.1) is 29.4 Å². The third-order valence-corrected chi connectivity index (χ3v) is 3.75. The molecule has 0 aliphatic carbocycles. The van der Waals surface area contributed by atoms with Crippen molar-refractivity contribution in [3.63, 3.8) is 0 Å². The molecule has 1 aromatic heterocycles. The fourth-order valence-electron chi connectivity index (χ4n) is 2.21. The molecule has 0 aliphatic heterocycles. The first-order valence-electron chi connectivity index (χ1n) is 6.02. The van der Waals surface area contributed by atoms with Crippen LogP contribution in [-0.2, 0) is 18.3 Å². The molecule has 0 bridgehead atoms. The summed E-state index contributed by atoms with van der Waals surface area (Å²) in [6.07, 6.45) is -0.0724. The number of aliphatic carboxylic acids is 1. The smallest absolute Gasteiger partial charge is 0.309 e. The predicted octanol–water partition coefficient (Wildman–Crippen LogP) is 2.79. The third kappa shape index (κ3) is 2.70. The van der Waals surface area contributed by atoms with Crippen molar-refractivity contribution in [1.29, 1.82) is 0 Å². The average Bonchev–Trinajstić information content (AvgIpc) is 2.63. The number of rotatable bonds is 4. The minimum absolute atomic E-state index is 0.0724. The minimum atomic E-state index is -0.881. The summed E-state index contributed by atoms with van der Waals surface area (Å²) in [5.74, 6) is -0.131. The number of hydrogen-bond acceptors (Lipinski definition) is 3. The van der Waals surface area contributed by atoms with Crippen LogP contribution in [-0.4, -0.2) is 28.0 Å². The first-order chi connectivity index (χ1) is 9.43. The number of aryl methyl sites for hydroxylation is 1. The fourth-order valence-corrected chi connectivity index (χ4v) is 2.75. The van der Waals surface area contributed by atoms with E-state index < -0.39 is 5.97 Å². The topological polar surface area (TPSA) is 64.3 Å². The Hall–Kier alpha value is -1.82. The zero-order valence-corrected chi connectivity index (χ0v) is 13.1. The zero-order valence-electron chi connectivity index (χ0n) is 11.5. The largest absolute Gasteiger partial charge is 0.496 e. The monoisotopic (exact) mass is 338 g/mol. The van der Waals surface area contributed by atoms with Gasteiger partial charge in [0, 0.05) is 12.6 Å². The van der Waals surface area contributed by atoms with Gasteiger partial charge in [-0.15, -0.1) is 0 Å². The van der Waals surface area contributed by atoms with Crippen LogP contribution in [0.5, 0.6) is 5.75 Å². The molecule has 2 aromatic rings. The second-order valence-corrected chi connectivity index (χ2v) is 5.32. The number of carbonyl (C=O) groups is 1. The quantitative estimate of drug-likeness (QED) is 0.930. The number of ether oxygens (including phenoxy) is 1. The predicted molar refractivity (Wildman–Crippen MR) is 79.0 cm³/mol. The summed E-state index contributed by atoms with van der Waals surface area (Å²) in [5.41, 5.74) is 3.33. The van der Waals surface area contributed by atoms with Gasteiger partial charge in [0.2, 0.25) is 0 Å². The Balaban J connectivity index is 2.50. The maximum Gasteiger partial charge on any atom is 0.309 e. The lowest BCUT2D eigenvalue weighted by Crippen LogP contribution is -2.02. The van der Waals surface area contributed by atoms with Crippen LogP contribution in [0.2, 0.25) is 0 Å². The average molecular weight is 339 g/mol. The van der Waals surface area contributed by atoms with E-state index in [4.69, 9.17) is 9.84 Å². The summed E-state index contributed by atoms with van der Waals surface area (Å²) >= 11 is 3.45. The molecule has 2 rings (SSSR count). The van der Waals surface area contributed by atoms with Crippen LogP contribution in [0.1, 0.15) is 11.3 Å². The van der Waals surface area contributed by atoms with E-state index in [0.29, 0.717) is 5.69 Å². The molecule has 20 heavy (non-hydrogen) atoms. The van der Waals surface area contributed by atoms with Gasteiger partial charge >= 0.3 is 5.97 Å². The SMILES string of the molecule is COc1ccc(-c2c(C)c(CC(=O)O)nn2C)cc1Br. The van der Waals surface area contributed by atoms with Gasteiger partial charge in [-0.25, -0.2) is 0 Å². The van der Waals surface area contributed by atoms with E-state index in [2.05, 4.69) is 21.0 Å². The van der Waals surface area contributed by atoms with E-state index >= 15 is 0 Å². The lowest BCUT2D eigenvalue weighted by Gasteiger charge is -2.08. The lowest BCUT2D eigenvalue weighted by atomic mass is 10.1. The molecule has 0 unspecified atom stereocenters. The summed E-state index contributed by atoms with van der Waals surface area (Å²) < 4.78 is 7.76. The summed E-state index contributed by atoms with van der Waals surface area (Å²) in [4.78, 5) is 10.8. The van der Waals surface area contributed by atoms with E-state index in [9.17, 15) is 4.79 Å². The Kier molecular flexibility index (Phi) is 4.13. The van der Waals surface area contributed by atoms with Crippen LogP contribution in [0.3, 0.4) is 0 Å². The molecular weight excluding hydrogens is 324 g/mol. The molecule has 6 heteroatoms. The van der Waals surface area contributed by atoms with Crippen molar-refractivity contribution in [2.75, 3.05) is 7.11 Å². The highest BCUT2D eigenvalue weighted by atomic mass is 79.9. The van der Waals surface area contributed by atoms with E-state index in [1.54, 1.807) is 11.8 Å². The second-order valence-electron chi connectivity index (χ2n) is 4.46. The second kappa shape index (κ2) is 5.66. The van der Waals surface area contributed by atoms with Crippen LogP contribution in [0.15, 0.2) is 22.7 Å². The number of aromatic nitrogens is 2. The van der Waals surface area contributed by atoms with Crippen molar-refractivity contribution in [1.82, 2.24) is 9.78 Å². The molecule has 1 heterocycles. The van der Waals surface area contributed by atoms with Crippen LogP contribution < -0.4 is 4.74 Å². The standard InChI is InChI=1S/C14H15BrN2O3/c1-8-11(7-13(18)19)16-17(2)14(8)9-4-5-12(20-3)10(15)6-9/h4-6H,7H2,1-3H3,(H,18,19). The van der Waals surface area contributed by atoms with E-state index in [1.165, 1.54) is 0 Å². The molecule has 0 saturated carbocycles. The highest BCUT2D eigenvalue weighted by Crippen LogP contribution is 2.32. The van der Waals surface area contributed by atoms with Gasteiger partial charge < -0.3 is 9.84 Å². The van der Waals surface area contributed by atoms with E-state index in [0.717, 1.165) is 27.0 Å². The Bertz CT molecular complexity index is 665. The van der Waals surface area contributed by atoms with Crippen molar-refractivity contribution in [2.45, 2.75) is 13.3 Å². The minimum Gasteiger partial charge on any atom is -0.496 e. The van der Waals surface area contributed by atoms with Gasteiger partial charge in [0.25, 0.3) is 0 Å². The number of carboxylic acids is 1. The maximum atomic E-state index is 10.8. The molecule has 5 nitrogen and oxygen atoms in total. The van der Waals surface area contributed by atoms with Crippen molar-refractivity contribution in [2.24, 2.45) is 7.05 Å². The number of halogens is 1. The lowest BCUT2D eigenvalue weighted by molar-refractivity contribution is -0.136. The van der Waals surface area contributed by atoms with Crippen LogP contribution in [0, 0.1) is 6.92 Å². The van der Waals surface area contributed by atoms with Crippen LogP contribution in [0.4, 0.5) is 0 Å². The van der Waals surface area contributed by atoms with Crippen molar-refractivity contribution >= 4 is 21.9 Å². The molecule has 0 fully saturated rings. The molecule has 0 radical (unpaired) electrons. The van der Waals surface area contributed by atoms with Gasteiger partial charge in [-0.05, 0) is 46.6 Å².